The Hall–Kier alpha value is -3.11. The van der Waals surface area contributed by atoms with Gasteiger partial charge in [-0.2, -0.15) is 0 Å². The first-order valence-electron chi connectivity index (χ1n) is 11.0. The summed E-state index contributed by atoms with van der Waals surface area (Å²) in [5.41, 5.74) is 3.11. The van der Waals surface area contributed by atoms with Crippen LogP contribution >= 0.6 is 0 Å². The van der Waals surface area contributed by atoms with E-state index < -0.39 is 17.5 Å². The van der Waals surface area contributed by atoms with Gasteiger partial charge in [-0.15, -0.1) is 0 Å². The van der Waals surface area contributed by atoms with Crippen molar-refractivity contribution in [1.29, 1.82) is 0 Å². The second kappa shape index (κ2) is 7.86. The highest BCUT2D eigenvalue weighted by Gasteiger charge is 2.56. The van der Waals surface area contributed by atoms with E-state index in [4.69, 9.17) is 9.47 Å². The Balaban J connectivity index is 1.57. The molecule has 2 aliphatic rings. The summed E-state index contributed by atoms with van der Waals surface area (Å²) < 4.78 is 10.8. The number of benzene rings is 3. The quantitative estimate of drug-likeness (QED) is 0.436. The molecule has 158 valence electrons. The fourth-order valence-electron chi connectivity index (χ4n) is 5.19. The van der Waals surface area contributed by atoms with E-state index in [0.29, 0.717) is 6.42 Å². The molecule has 1 aliphatic heterocycles. The Kier molecular flexibility index (Phi) is 5.03. The minimum atomic E-state index is -0.732. The highest BCUT2D eigenvalue weighted by Crippen LogP contribution is 2.45. The number of nitrogens with one attached hydrogen (secondary N) is 1. The smallest absolute Gasteiger partial charge is 0.391 e. The van der Waals surface area contributed by atoms with Gasteiger partial charge in [0.05, 0.1) is 5.54 Å². The van der Waals surface area contributed by atoms with Gasteiger partial charge in [0, 0.05) is 18.4 Å². The Morgan fingerprint density at radius 1 is 0.806 bits per heavy atom. The predicted molar refractivity (Wildman–Crippen MR) is 119 cm³/mol. The molecule has 31 heavy (non-hydrogen) atoms. The zero-order chi connectivity index (χ0) is 21.3. The van der Waals surface area contributed by atoms with Crippen LogP contribution in [0.25, 0.3) is 0 Å². The van der Waals surface area contributed by atoms with Gasteiger partial charge >= 0.3 is 6.16 Å². The van der Waals surface area contributed by atoms with Gasteiger partial charge in [-0.1, -0.05) is 97.9 Å². The summed E-state index contributed by atoms with van der Waals surface area (Å²) in [4.78, 5) is 11.3. The van der Waals surface area contributed by atoms with E-state index in [9.17, 15) is 4.79 Å². The maximum Gasteiger partial charge on any atom is 0.514 e. The average Bonchev–Trinajstić information content (AvgIpc) is 2.80. The van der Waals surface area contributed by atoms with Crippen molar-refractivity contribution < 1.29 is 14.3 Å². The fraction of sp³-hybridized carbons (Fsp3) is 0.296. The van der Waals surface area contributed by atoms with Crippen molar-refractivity contribution in [3.05, 3.63) is 108 Å². The van der Waals surface area contributed by atoms with Crippen LogP contribution in [0.3, 0.4) is 0 Å². The molecular formula is C27H27NO3. The van der Waals surface area contributed by atoms with Gasteiger partial charge in [-0.05, 0) is 29.5 Å². The van der Waals surface area contributed by atoms with Crippen LogP contribution in [-0.2, 0) is 15.0 Å². The third-order valence-electron chi connectivity index (χ3n) is 6.78. The number of hydrogen-bond donors (Lipinski definition) is 1. The molecule has 2 atom stereocenters. The molecular weight excluding hydrogens is 386 g/mol. The molecule has 1 aliphatic carbocycles. The molecule has 1 heterocycles. The van der Waals surface area contributed by atoms with E-state index >= 15 is 0 Å². The summed E-state index contributed by atoms with van der Waals surface area (Å²) in [6.45, 7) is 2.11. The SMILES string of the molecule is CC1CC(NC(c2ccccc2)(c2ccccc2)c2ccccc2)CCC12OC(=O)O2. The van der Waals surface area contributed by atoms with Gasteiger partial charge in [-0.3, -0.25) is 5.32 Å². The zero-order valence-corrected chi connectivity index (χ0v) is 17.7. The molecule has 3 aromatic carbocycles. The van der Waals surface area contributed by atoms with E-state index in [-0.39, 0.29) is 12.0 Å². The Bertz CT molecular complexity index is 931. The lowest BCUT2D eigenvalue weighted by atomic mass is 9.74. The maximum absolute atomic E-state index is 11.3. The van der Waals surface area contributed by atoms with Crippen molar-refractivity contribution in [2.24, 2.45) is 5.92 Å². The molecule has 0 aromatic heterocycles. The van der Waals surface area contributed by atoms with Crippen LogP contribution in [0, 0.1) is 5.92 Å². The first-order valence-corrected chi connectivity index (χ1v) is 11.0. The van der Waals surface area contributed by atoms with E-state index in [1.54, 1.807) is 0 Å². The van der Waals surface area contributed by atoms with Crippen molar-refractivity contribution in [2.75, 3.05) is 0 Å². The van der Waals surface area contributed by atoms with E-state index in [0.717, 1.165) is 12.8 Å². The second-order valence-electron chi connectivity index (χ2n) is 8.63. The van der Waals surface area contributed by atoms with Crippen LogP contribution in [0.4, 0.5) is 4.79 Å². The molecule has 2 unspecified atom stereocenters. The van der Waals surface area contributed by atoms with Gasteiger partial charge in [0.15, 0.2) is 0 Å². The molecule has 4 nitrogen and oxygen atoms in total. The molecule has 5 rings (SSSR count). The third kappa shape index (κ3) is 3.41. The molecule has 2 fully saturated rings. The molecule has 0 bridgehead atoms. The number of rotatable bonds is 5. The normalized spacial score (nSPS) is 22.3. The average molecular weight is 414 g/mol. The minimum absolute atomic E-state index is 0.122. The van der Waals surface area contributed by atoms with Crippen LogP contribution in [0.15, 0.2) is 91.0 Å². The van der Waals surface area contributed by atoms with Gasteiger partial charge in [0.25, 0.3) is 5.79 Å². The Labute approximate surface area is 183 Å². The van der Waals surface area contributed by atoms with Crippen molar-refractivity contribution in [1.82, 2.24) is 5.32 Å². The van der Waals surface area contributed by atoms with Crippen molar-refractivity contribution in [3.8, 4) is 0 Å². The predicted octanol–water partition coefficient (Wildman–Crippen LogP) is 5.62. The van der Waals surface area contributed by atoms with Gasteiger partial charge in [0.2, 0.25) is 0 Å². The van der Waals surface area contributed by atoms with Gasteiger partial charge in [-0.25, -0.2) is 4.79 Å². The summed E-state index contributed by atoms with van der Waals surface area (Å²) in [6.07, 6.45) is 1.88. The lowest BCUT2D eigenvalue weighted by Gasteiger charge is -2.50. The fourth-order valence-corrected chi connectivity index (χ4v) is 5.19. The standard InChI is InChI=1S/C27H27NO3/c1-20-19-24(17-18-26(20)30-25(29)31-26)28-27(21-11-5-2-6-12-21,22-13-7-3-8-14-22)23-15-9-4-10-16-23/h2-16,20,24,28H,17-19H2,1H3. The molecule has 1 N–H and O–H groups in total. The third-order valence-corrected chi connectivity index (χ3v) is 6.78. The van der Waals surface area contributed by atoms with Crippen molar-refractivity contribution in [2.45, 2.75) is 43.6 Å². The molecule has 0 radical (unpaired) electrons. The lowest BCUT2D eigenvalue weighted by molar-refractivity contribution is -0.308. The van der Waals surface area contributed by atoms with E-state index in [2.05, 4.69) is 103 Å². The van der Waals surface area contributed by atoms with Crippen LogP contribution < -0.4 is 5.32 Å². The second-order valence-corrected chi connectivity index (χ2v) is 8.63. The summed E-state index contributed by atoms with van der Waals surface area (Å²) in [6, 6.07) is 32.1. The number of carbonyl (C=O) groups is 1. The first kappa shape index (κ1) is 19.8. The maximum atomic E-state index is 11.3. The molecule has 1 saturated heterocycles. The van der Waals surface area contributed by atoms with Crippen LogP contribution in [-0.4, -0.2) is 18.0 Å². The molecule has 4 heteroatoms. The molecule has 1 saturated carbocycles. The highest BCUT2D eigenvalue weighted by molar-refractivity contribution is 5.65. The number of carbonyl (C=O) groups excluding carboxylic acids is 1. The van der Waals surface area contributed by atoms with Gasteiger partial charge in [0.1, 0.15) is 0 Å². The molecule has 0 amide bonds. The van der Waals surface area contributed by atoms with Crippen LogP contribution in [0.2, 0.25) is 0 Å². The number of ether oxygens (including phenoxy) is 2. The molecule has 3 aromatic rings. The van der Waals surface area contributed by atoms with Gasteiger partial charge < -0.3 is 9.47 Å². The van der Waals surface area contributed by atoms with Crippen LogP contribution in [0.5, 0.6) is 0 Å². The van der Waals surface area contributed by atoms with E-state index in [1.807, 2.05) is 0 Å². The summed E-state index contributed by atoms with van der Waals surface area (Å²) in [5, 5.41) is 4.05. The Morgan fingerprint density at radius 3 is 1.65 bits per heavy atom. The van der Waals surface area contributed by atoms with Crippen molar-refractivity contribution >= 4 is 6.16 Å². The Morgan fingerprint density at radius 2 is 1.26 bits per heavy atom. The lowest BCUT2D eigenvalue weighted by Crippen LogP contribution is -2.60. The number of hydrogen-bond acceptors (Lipinski definition) is 4. The van der Waals surface area contributed by atoms with Crippen molar-refractivity contribution in [3.63, 3.8) is 0 Å². The highest BCUT2D eigenvalue weighted by atomic mass is 16.9. The summed E-state index contributed by atoms with van der Waals surface area (Å²) in [7, 11) is 0. The summed E-state index contributed by atoms with van der Waals surface area (Å²) in [5.74, 6) is -0.610. The largest absolute Gasteiger partial charge is 0.514 e. The van der Waals surface area contributed by atoms with E-state index in [1.165, 1.54) is 16.7 Å². The first-order chi connectivity index (χ1) is 15.1. The topological polar surface area (TPSA) is 47.6 Å². The summed E-state index contributed by atoms with van der Waals surface area (Å²) >= 11 is 0. The van der Waals surface area contributed by atoms with Crippen LogP contribution in [0.1, 0.15) is 42.9 Å². The minimum Gasteiger partial charge on any atom is -0.391 e. The monoisotopic (exact) mass is 413 g/mol. The zero-order valence-electron chi connectivity index (χ0n) is 17.7. The molecule has 1 spiro atoms.